The van der Waals surface area contributed by atoms with Crippen LogP contribution in [0.3, 0.4) is 0 Å². The summed E-state index contributed by atoms with van der Waals surface area (Å²) in [5, 5.41) is 6.93. The number of hydrogen-bond donors (Lipinski definition) is 2. The van der Waals surface area contributed by atoms with Crippen molar-refractivity contribution < 1.29 is 9.32 Å². The number of halogens is 1. The van der Waals surface area contributed by atoms with Crippen molar-refractivity contribution in [2.45, 2.75) is 46.1 Å². The van der Waals surface area contributed by atoms with Crippen molar-refractivity contribution in [1.82, 2.24) is 10.5 Å². The van der Waals surface area contributed by atoms with Crippen molar-refractivity contribution in [3.05, 3.63) is 21.5 Å². The van der Waals surface area contributed by atoms with Gasteiger partial charge < -0.3 is 15.6 Å². The highest BCUT2D eigenvalue weighted by Crippen LogP contribution is 2.34. The third kappa shape index (κ3) is 4.81. The van der Waals surface area contributed by atoms with E-state index in [4.69, 9.17) is 10.3 Å². The van der Waals surface area contributed by atoms with Gasteiger partial charge in [0.1, 0.15) is 11.3 Å². The van der Waals surface area contributed by atoms with Crippen LogP contribution in [0.2, 0.25) is 0 Å². The van der Waals surface area contributed by atoms with Gasteiger partial charge in [0.15, 0.2) is 0 Å². The maximum absolute atomic E-state index is 12.5. The quantitative estimate of drug-likeness (QED) is 0.706. The minimum Gasteiger partial charge on any atom is -0.367 e. The Morgan fingerprint density at radius 2 is 2.13 bits per heavy atom. The highest BCUT2D eigenvalue weighted by molar-refractivity contribution is 9.11. The fourth-order valence-electron chi connectivity index (χ4n) is 2.33. The molecule has 1 unspecified atom stereocenters. The summed E-state index contributed by atoms with van der Waals surface area (Å²) >= 11 is 4.89. The molecule has 2 aromatic rings. The summed E-state index contributed by atoms with van der Waals surface area (Å²) in [5.74, 6) is 0.493. The fraction of sp³-hybridized carbons (Fsp3) is 0.500. The molecule has 0 saturated heterocycles. The van der Waals surface area contributed by atoms with Gasteiger partial charge >= 0.3 is 0 Å². The van der Waals surface area contributed by atoms with E-state index in [1.165, 1.54) is 11.3 Å². The summed E-state index contributed by atoms with van der Waals surface area (Å²) < 4.78 is 5.99. The molecule has 2 heterocycles. The van der Waals surface area contributed by atoms with Gasteiger partial charge in [-0.3, -0.25) is 4.79 Å². The minimum absolute atomic E-state index is 0.0522. The first kappa shape index (κ1) is 18.0. The van der Waals surface area contributed by atoms with Crippen molar-refractivity contribution in [3.8, 4) is 10.6 Å². The summed E-state index contributed by atoms with van der Waals surface area (Å²) in [7, 11) is 0. The molecule has 1 amide bonds. The predicted octanol–water partition coefficient (Wildman–Crippen LogP) is 4.69. The molecular formula is C16H22BrN3O2S. The number of thiophene rings is 1. The Kier molecular flexibility index (Phi) is 6.24. The summed E-state index contributed by atoms with van der Waals surface area (Å²) in [5.41, 5.74) is 6.61. The van der Waals surface area contributed by atoms with E-state index in [1.54, 1.807) is 0 Å². The van der Waals surface area contributed by atoms with Crippen molar-refractivity contribution in [1.29, 1.82) is 0 Å². The van der Waals surface area contributed by atoms with E-state index < -0.39 is 0 Å². The number of anilines is 1. The molecule has 2 aromatic heterocycles. The predicted molar refractivity (Wildman–Crippen MR) is 97.5 cm³/mol. The van der Waals surface area contributed by atoms with Crippen molar-refractivity contribution in [2.24, 2.45) is 5.92 Å². The maximum Gasteiger partial charge on any atom is 0.259 e. The number of rotatable bonds is 7. The van der Waals surface area contributed by atoms with E-state index in [9.17, 15) is 4.79 Å². The van der Waals surface area contributed by atoms with Crippen LogP contribution in [0.4, 0.5) is 5.88 Å². The SMILES string of the molecule is CC(C)CCCC(C)NC(=O)c1c(-c2ccc(Br)s2)noc1N. The van der Waals surface area contributed by atoms with Crippen LogP contribution >= 0.6 is 27.3 Å². The van der Waals surface area contributed by atoms with Gasteiger partial charge in [0.05, 0.1) is 8.66 Å². The van der Waals surface area contributed by atoms with Gasteiger partial charge in [0.2, 0.25) is 5.88 Å². The average molecular weight is 400 g/mol. The molecule has 1 atom stereocenters. The van der Waals surface area contributed by atoms with E-state index in [-0.39, 0.29) is 17.8 Å². The van der Waals surface area contributed by atoms with Crippen LogP contribution in [0, 0.1) is 5.92 Å². The first-order chi connectivity index (χ1) is 10.9. The number of hydrogen-bond acceptors (Lipinski definition) is 5. The summed E-state index contributed by atoms with van der Waals surface area (Å²) in [4.78, 5) is 13.4. The molecule has 0 radical (unpaired) electrons. The minimum atomic E-state index is -0.236. The van der Waals surface area contributed by atoms with Crippen LogP contribution in [-0.4, -0.2) is 17.1 Å². The second kappa shape index (κ2) is 7.97. The van der Waals surface area contributed by atoms with Crippen LogP contribution in [0.15, 0.2) is 20.4 Å². The largest absolute Gasteiger partial charge is 0.367 e. The van der Waals surface area contributed by atoms with Crippen molar-refractivity contribution >= 4 is 39.1 Å². The first-order valence-electron chi connectivity index (χ1n) is 7.70. The van der Waals surface area contributed by atoms with Gasteiger partial charge in [-0.1, -0.05) is 31.8 Å². The Hall–Kier alpha value is -1.34. The maximum atomic E-state index is 12.5. The van der Waals surface area contributed by atoms with Crippen LogP contribution in [0.1, 0.15) is 50.4 Å². The Bertz CT molecular complexity index is 666. The smallest absolute Gasteiger partial charge is 0.259 e. The monoisotopic (exact) mass is 399 g/mol. The fourth-order valence-corrected chi connectivity index (χ4v) is 3.71. The van der Waals surface area contributed by atoms with E-state index >= 15 is 0 Å². The lowest BCUT2D eigenvalue weighted by Crippen LogP contribution is -2.33. The zero-order valence-electron chi connectivity index (χ0n) is 13.6. The second-order valence-electron chi connectivity index (χ2n) is 6.07. The van der Waals surface area contributed by atoms with Crippen LogP contribution in [0.5, 0.6) is 0 Å². The molecule has 0 spiro atoms. The van der Waals surface area contributed by atoms with Gasteiger partial charge in [-0.15, -0.1) is 11.3 Å². The normalized spacial score (nSPS) is 12.6. The molecule has 3 N–H and O–H groups in total. The van der Waals surface area contributed by atoms with Crippen LogP contribution in [0.25, 0.3) is 10.6 Å². The molecule has 126 valence electrons. The third-order valence-electron chi connectivity index (χ3n) is 3.55. The molecule has 0 bridgehead atoms. The van der Waals surface area contributed by atoms with Gasteiger partial charge in [-0.25, -0.2) is 0 Å². The number of amides is 1. The van der Waals surface area contributed by atoms with Crippen molar-refractivity contribution in [2.75, 3.05) is 5.73 Å². The van der Waals surface area contributed by atoms with E-state index in [1.807, 2.05) is 19.1 Å². The molecule has 5 nitrogen and oxygen atoms in total. The Balaban J connectivity index is 2.06. The van der Waals surface area contributed by atoms with Crippen LogP contribution in [-0.2, 0) is 0 Å². The number of carbonyl (C=O) groups is 1. The number of nitrogen functional groups attached to an aromatic ring is 1. The lowest BCUT2D eigenvalue weighted by atomic mass is 10.0. The molecule has 0 aliphatic rings. The number of nitrogens with one attached hydrogen (secondary N) is 1. The summed E-state index contributed by atoms with van der Waals surface area (Å²) in [6.45, 7) is 6.41. The summed E-state index contributed by atoms with van der Waals surface area (Å²) in [6, 6.07) is 3.87. The zero-order chi connectivity index (χ0) is 17.0. The first-order valence-corrected chi connectivity index (χ1v) is 9.31. The van der Waals surface area contributed by atoms with Gasteiger partial charge in [0, 0.05) is 6.04 Å². The Morgan fingerprint density at radius 1 is 1.39 bits per heavy atom. The zero-order valence-corrected chi connectivity index (χ0v) is 16.0. The van der Waals surface area contributed by atoms with Gasteiger partial charge in [-0.2, -0.15) is 0 Å². The van der Waals surface area contributed by atoms with E-state index in [2.05, 4.69) is 40.3 Å². The molecule has 0 aromatic carbocycles. The average Bonchev–Trinajstić information content (AvgIpc) is 3.04. The third-order valence-corrected chi connectivity index (χ3v) is 5.18. The molecule has 0 saturated carbocycles. The molecular weight excluding hydrogens is 378 g/mol. The van der Waals surface area contributed by atoms with Crippen LogP contribution < -0.4 is 11.1 Å². The molecule has 0 aliphatic carbocycles. The van der Waals surface area contributed by atoms with Gasteiger partial charge in [-0.05, 0) is 47.3 Å². The molecule has 23 heavy (non-hydrogen) atoms. The van der Waals surface area contributed by atoms with E-state index in [0.29, 0.717) is 17.2 Å². The lowest BCUT2D eigenvalue weighted by molar-refractivity contribution is 0.0939. The topological polar surface area (TPSA) is 81.2 Å². The highest BCUT2D eigenvalue weighted by atomic mass is 79.9. The Morgan fingerprint density at radius 3 is 2.74 bits per heavy atom. The number of nitrogens with two attached hydrogens (primary N) is 1. The highest BCUT2D eigenvalue weighted by Gasteiger charge is 2.24. The second-order valence-corrected chi connectivity index (χ2v) is 8.54. The van der Waals surface area contributed by atoms with E-state index in [0.717, 1.165) is 27.9 Å². The summed E-state index contributed by atoms with van der Waals surface area (Å²) in [6.07, 6.45) is 3.18. The molecule has 7 heteroatoms. The number of carbonyl (C=O) groups excluding carboxylic acids is 1. The molecule has 2 rings (SSSR count). The van der Waals surface area contributed by atoms with Gasteiger partial charge in [0.25, 0.3) is 5.91 Å². The standard InChI is InChI=1S/C16H22BrN3O2S/c1-9(2)5-4-6-10(3)19-16(21)13-14(20-22-15(13)18)11-7-8-12(17)23-11/h7-10H,4-6,18H2,1-3H3,(H,19,21). The number of nitrogens with zero attached hydrogens (tertiary/aromatic N) is 1. The number of aromatic nitrogens is 1. The molecule has 0 aliphatic heterocycles. The van der Waals surface area contributed by atoms with Crippen molar-refractivity contribution in [3.63, 3.8) is 0 Å². The molecule has 0 fully saturated rings. The lowest BCUT2D eigenvalue weighted by Gasteiger charge is -2.14. The Labute approximate surface area is 148 Å².